The number of aliphatic carboxylic acids is 1. The maximum atomic E-state index is 13.0. The zero-order valence-corrected chi connectivity index (χ0v) is 11.6. The zero-order valence-electron chi connectivity index (χ0n) is 11.6. The fourth-order valence-corrected chi connectivity index (χ4v) is 2.75. The fraction of sp³-hybridized carbons (Fsp3) is 0.462. The van der Waals surface area contributed by atoms with Crippen molar-refractivity contribution in [2.24, 2.45) is 0 Å². The minimum Gasteiger partial charge on any atom is -0.480 e. The highest BCUT2D eigenvalue weighted by Gasteiger charge is 2.38. The molecule has 0 aromatic carbocycles. The molecule has 3 rings (SSSR count). The van der Waals surface area contributed by atoms with Crippen LogP contribution in [0.25, 0.3) is 11.0 Å². The Kier molecular flexibility index (Phi) is 3.22. The van der Waals surface area contributed by atoms with Crippen LogP contribution in [0.3, 0.4) is 0 Å². The molecule has 1 aliphatic heterocycles. The molecule has 0 spiro atoms. The fourth-order valence-electron chi connectivity index (χ4n) is 2.75. The van der Waals surface area contributed by atoms with E-state index >= 15 is 0 Å². The number of anilines is 1. The van der Waals surface area contributed by atoms with E-state index in [-0.39, 0.29) is 11.5 Å². The Labute approximate surface area is 123 Å². The van der Waals surface area contributed by atoms with Gasteiger partial charge in [0, 0.05) is 12.2 Å². The summed E-state index contributed by atoms with van der Waals surface area (Å²) in [6.45, 7) is 2.04. The number of fused-ring (bicyclic) bond motifs is 1. The van der Waals surface area contributed by atoms with Crippen LogP contribution in [-0.2, 0) is 11.0 Å². The van der Waals surface area contributed by atoms with Crippen molar-refractivity contribution < 1.29 is 23.1 Å². The smallest absolute Gasteiger partial charge is 0.451 e. The van der Waals surface area contributed by atoms with Gasteiger partial charge in [0.05, 0.1) is 5.39 Å². The first-order chi connectivity index (χ1) is 10.3. The number of alkyl halides is 3. The Morgan fingerprint density at radius 1 is 1.45 bits per heavy atom. The van der Waals surface area contributed by atoms with Gasteiger partial charge in [0.2, 0.25) is 5.82 Å². The number of hydrogen-bond donors (Lipinski definition) is 2. The van der Waals surface area contributed by atoms with Gasteiger partial charge < -0.3 is 15.0 Å². The highest BCUT2D eigenvalue weighted by molar-refractivity contribution is 5.91. The number of carboxylic acids is 1. The monoisotopic (exact) mass is 314 g/mol. The molecule has 2 aromatic heterocycles. The van der Waals surface area contributed by atoms with Crippen LogP contribution in [0, 0.1) is 6.92 Å². The van der Waals surface area contributed by atoms with E-state index in [1.165, 1.54) is 4.90 Å². The van der Waals surface area contributed by atoms with E-state index < -0.39 is 24.0 Å². The number of carboxylic acid groups (broad SMARTS) is 1. The second-order valence-electron chi connectivity index (χ2n) is 5.27. The highest BCUT2D eigenvalue weighted by Crippen LogP contribution is 2.34. The van der Waals surface area contributed by atoms with Crippen LogP contribution in [0.5, 0.6) is 0 Å². The van der Waals surface area contributed by atoms with Crippen LogP contribution in [0.15, 0.2) is 6.07 Å². The van der Waals surface area contributed by atoms with E-state index in [2.05, 4.69) is 15.0 Å². The van der Waals surface area contributed by atoms with E-state index in [1.54, 1.807) is 13.0 Å². The van der Waals surface area contributed by atoms with Gasteiger partial charge in [0.25, 0.3) is 0 Å². The van der Waals surface area contributed by atoms with E-state index in [1.807, 2.05) is 0 Å². The number of aromatic nitrogens is 3. The lowest BCUT2D eigenvalue weighted by atomic mass is 10.2. The maximum Gasteiger partial charge on any atom is 0.451 e. The van der Waals surface area contributed by atoms with Crippen LogP contribution in [0.4, 0.5) is 19.0 Å². The van der Waals surface area contributed by atoms with Crippen LogP contribution in [0.1, 0.15) is 24.4 Å². The van der Waals surface area contributed by atoms with Gasteiger partial charge in [0.1, 0.15) is 17.5 Å². The van der Waals surface area contributed by atoms with Crippen molar-refractivity contribution in [2.45, 2.75) is 32.0 Å². The molecule has 0 radical (unpaired) electrons. The molecule has 0 bridgehead atoms. The Bertz CT molecular complexity index is 741. The van der Waals surface area contributed by atoms with Crippen LogP contribution >= 0.6 is 0 Å². The summed E-state index contributed by atoms with van der Waals surface area (Å²) in [5.41, 5.74) is 0.696. The molecule has 0 amide bonds. The van der Waals surface area contributed by atoms with Crippen molar-refractivity contribution in [1.82, 2.24) is 15.0 Å². The number of nitrogens with one attached hydrogen (secondary N) is 1. The molecule has 2 aromatic rings. The SMILES string of the molecule is Cc1cc2c(N3CCCC3C(=O)O)nc(C(F)(F)F)nc2[nH]1. The average molecular weight is 314 g/mol. The van der Waals surface area contributed by atoms with Crippen LogP contribution in [-0.4, -0.2) is 38.6 Å². The Morgan fingerprint density at radius 2 is 2.18 bits per heavy atom. The minimum atomic E-state index is -4.69. The van der Waals surface area contributed by atoms with Gasteiger partial charge in [-0.05, 0) is 25.8 Å². The number of aromatic amines is 1. The Hall–Kier alpha value is -2.32. The second-order valence-corrected chi connectivity index (χ2v) is 5.27. The molecule has 1 saturated heterocycles. The molecule has 2 N–H and O–H groups in total. The predicted molar refractivity (Wildman–Crippen MR) is 71.6 cm³/mol. The lowest BCUT2D eigenvalue weighted by Gasteiger charge is -2.23. The summed E-state index contributed by atoms with van der Waals surface area (Å²) in [7, 11) is 0. The van der Waals surface area contributed by atoms with E-state index in [0.29, 0.717) is 30.5 Å². The summed E-state index contributed by atoms with van der Waals surface area (Å²) in [6, 6.07) is 0.761. The van der Waals surface area contributed by atoms with E-state index in [4.69, 9.17) is 0 Å². The largest absolute Gasteiger partial charge is 0.480 e. The number of H-pyrrole nitrogens is 1. The number of carbonyl (C=O) groups is 1. The first-order valence-electron chi connectivity index (χ1n) is 6.71. The van der Waals surface area contributed by atoms with E-state index in [9.17, 15) is 23.1 Å². The van der Waals surface area contributed by atoms with E-state index in [0.717, 1.165) is 0 Å². The topological polar surface area (TPSA) is 82.1 Å². The van der Waals surface area contributed by atoms with Gasteiger partial charge in [-0.1, -0.05) is 0 Å². The summed E-state index contributed by atoms with van der Waals surface area (Å²) in [6.07, 6.45) is -3.72. The number of halogens is 3. The Balaban J connectivity index is 2.20. The molecule has 1 atom stereocenters. The van der Waals surface area contributed by atoms with Gasteiger partial charge in [-0.3, -0.25) is 0 Å². The first kappa shape index (κ1) is 14.6. The number of aryl methyl sites for hydroxylation is 1. The third-order valence-electron chi connectivity index (χ3n) is 3.67. The summed E-state index contributed by atoms with van der Waals surface area (Å²) >= 11 is 0. The van der Waals surface area contributed by atoms with Crippen LogP contribution in [0.2, 0.25) is 0 Å². The standard InChI is InChI=1S/C13H13F3N4O2/c1-6-5-7-9(17-6)18-12(13(14,15)16)19-10(7)20-4-2-3-8(20)11(21)22/h5,8H,2-4H2,1H3,(H,21,22)(H,17,18,19). The van der Waals surface area contributed by atoms with Crippen molar-refractivity contribution in [3.05, 3.63) is 17.6 Å². The molecule has 9 heteroatoms. The normalized spacial score (nSPS) is 19.1. The zero-order chi connectivity index (χ0) is 16.1. The third-order valence-corrected chi connectivity index (χ3v) is 3.67. The molecule has 0 aliphatic carbocycles. The molecule has 3 heterocycles. The molecule has 1 aliphatic rings. The van der Waals surface area contributed by atoms with Gasteiger partial charge in [-0.25, -0.2) is 14.8 Å². The predicted octanol–water partition coefficient (Wildman–Crippen LogP) is 2.34. The van der Waals surface area contributed by atoms with Gasteiger partial charge >= 0.3 is 12.1 Å². The van der Waals surface area contributed by atoms with Gasteiger partial charge in [-0.15, -0.1) is 0 Å². The molecule has 6 nitrogen and oxygen atoms in total. The van der Waals surface area contributed by atoms with Crippen LogP contribution < -0.4 is 4.90 Å². The summed E-state index contributed by atoms with van der Waals surface area (Å²) in [5, 5.41) is 9.64. The lowest BCUT2D eigenvalue weighted by Crippen LogP contribution is -2.37. The van der Waals surface area contributed by atoms with Crippen molar-refractivity contribution in [1.29, 1.82) is 0 Å². The number of rotatable bonds is 2. The van der Waals surface area contributed by atoms with Gasteiger partial charge in [-0.2, -0.15) is 13.2 Å². The third kappa shape index (κ3) is 2.36. The summed E-state index contributed by atoms with van der Waals surface area (Å²) in [4.78, 5) is 22.6. The molecule has 1 fully saturated rings. The van der Waals surface area contributed by atoms with Crippen molar-refractivity contribution in [3.8, 4) is 0 Å². The lowest BCUT2D eigenvalue weighted by molar-refractivity contribution is -0.144. The summed E-state index contributed by atoms with van der Waals surface area (Å²) in [5.74, 6) is -2.32. The first-order valence-corrected chi connectivity index (χ1v) is 6.71. The molecule has 22 heavy (non-hydrogen) atoms. The molecular formula is C13H13F3N4O2. The number of nitrogens with zero attached hydrogens (tertiary/aromatic N) is 3. The Morgan fingerprint density at radius 3 is 2.82 bits per heavy atom. The number of hydrogen-bond acceptors (Lipinski definition) is 4. The molecule has 0 saturated carbocycles. The molecule has 118 valence electrons. The average Bonchev–Trinajstić information content (AvgIpc) is 3.00. The molecule has 1 unspecified atom stereocenters. The van der Waals surface area contributed by atoms with Crippen molar-refractivity contribution >= 4 is 22.8 Å². The maximum absolute atomic E-state index is 13.0. The summed E-state index contributed by atoms with van der Waals surface area (Å²) < 4.78 is 38.9. The van der Waals surface area contributed by atoms with Crippen molar-refractivity contribution in [2.75, 3.05) is 11.4 Å². The van der Waals surface area contributed by atoms with Gasteiger partial charge in [0.15, 0.2) is 0 Å². The molecular weight excluding hydrogens is 301 g/mol. The second kappa shape index (κ2) is 4.85. The minimum absolute atomic E-state index is 0.0200. The van der Waals surface area contributed by atoms with Crippen molar-refractivity contribution in [3.63, 3.8) is 0 Å². The highest BCUT2D eigenvalue weighted by atomic mass is 19.4. The quantitative estimate of drug-likeness (QED) is 0.889.